The smallest absolute Gasteiger partial charge is 0.236 e. The molecule has 3 N–H and O–H groups in total. The maximum Gasteiger partial charge on any atom is 0.236 e. The van der Waals surface area contributed by atoms with Crippen molar-refractivity contribution < 1.29 is 4.79 Å². The van der Waals surface area contributed by atoms with E-state index in [0.717, 1.165) is 29.7 Å². The van der Waals surface area contributed by atoms with Gasteiger partial charge in [-0.2, -0.15) is 0 Å². The molecule has 3 nitrogen and oxygen atoms in total. The molecule has 0 bridgehead atoms. The van der Waals surface area contributed by atoms with Gasteiger partial charge in [-0.1, -0.05) is 30.4 Å². The third-order valence-electron chi connectivity index (χ3n) is 2.40. The minimum absolute atomic E-state index is 0.137. The molecule has 0 radical (unpaired) electrons. The molecule has 0 spiro atoms. The molecule has 90 valence electrons. The zero-order valence-corrected chi connectivity index (χ0v) is 9.91. The van der Waals surface area contributed by atoms with Gasteiger partial charge in [0.1, 0.15) is 0 Å². The van der Waals surface area contributed by atoms with Crippen molar-refractivity contribution in [2.75, 3.05) is 11.9 Å². The summed E-state index contributed by atoms with van der Waals surface area (Å²) in [7, 11) is 0. The molecule has 0 saturated carbocycles. The van der Waals surface area contributed by atoms with Crippen LogP contribution in [0.5, 0.6) is 0 Å². The molecule has 1 aromatic rings. The number of para-hydroxylation sites is 1. The van der Waals surface area contributed by atoms with Crippen LogP contribution in [0.3, 0.4) is 0 Å². The van der Waals surface area contributed by atoms with Crippen molar-refractivity contribution in [3.63, 3.8) is 0 Å². The van der Waals surface area contributed by atoms with Gasteiger partial charge in [-0.25, -0.2) is 0 Å². The third-order valence-corrected chi connectivity index (χ3v) is 2.40. The average Bonchev–Trinajstić information content (AvgIpc) is 2.29. The van der Waals surface area contributed by atoms with Crippen molar-refractivity contribution in [3.8, 4) is 0 Å². The summed E-state index contributed by atoms with van der Waals surface area (Å²) < 4.78 is 0. The highest BCUT2D eigenvalue weighted by Crippen LogP contribution is 2.22. The topological polar surface area (TPSA) is 55.1 Å². The number of benzene rings is 1. The summed E-state index contributed by atoms with van der Waals surface area (Å²) in [4.78, 5) is 10.8. The number of carbonyl (C=O) groups excluding carboxylic acids is 1. The van der Waals surface area contributed by atoms with Crippen LogP contribution >= 0.6 is 0 Å². The summed E-state index contributed by atoms with van der Waals surface area (Å²) in [5, 5.41) is 3.08. The lowest BCUT2D eigenvalue weighted by atomic mass is 10.0. The Morgan fingerprint density at radius 1 is 1.24 bits per heavy atom. The van der Waals surface area contributed by atoms with Crippen LogP contribution in [0.2, 0.25) is 0 Å². The van der Waals surface area contributed by atoms with Gasteiger partial charge in [-0.05, 0) is 24.0 Å². The summed E-state index contributed by atoms with van der Waals surface area (Å²) in [5.74, 6) is -0.372. The molecular formula is C14H18N2O. The monoisotopic (exact) mass is 230 g/mol. The number of hydrogen-bond donors (Lipinski definition) is 2. The van der Waals surface area contributed by atoms with Gasteiger partial charge in [0.25, 0.3) is 0 Å². The van der Waals surface area contributed by atoms with Crippen molar-refractivity contribution in [2.24, 2.45) is 5.73 Å². The number of carbonyl (C=O) groups is 1. The molecule has 0 atom stereocenters. The highest BCUT2D eigenvalue weighted by molar-refractivity contribution is 5.79. The Kier molecular flexibility index (Phi) is 5.01. The Labute approximate surface area is 102 Å². The van der Waals surface area contributed by atoms with Crippen molar-refractivity contribution in [1.82, 2.24) is 0 Å². The number of primary amides is 1. The SMILES string of the molecule is C=CCc1cccc(CC=C)c1NCC(N)=O. The normalized spacial score (nSPS) is 9.65. The van der Waals surface area contributed by atoms with Crippen LogP contribution in [0.15, 0.2) is 43.5 Å². The lowest BCUT2D eigenvalue weighted by Crippen LogP contribution is -2.22. The van der Waals surface area contributed by atoms with Crippen LogP contribution in [0, 0.1) is 0 Å². The molecule has 0 aliphatic carbocycles. The zero-order chi connectivity index (χ0) is 12.7. The molecule has 1 amide bonds. The highest BCUT2D eigenvalue weighted by Gasteiger charge is 2.07. The number of rotatable bonds is 7. The second-order valence-electron chi connectivity index (χ2n) is 3.76. The fraction of sp³-hybridized carbons (Fsp3) is 0.214. The Balaban J connectivity index is 3.03. The van der Waals surface area contributed by atoms with E-state index in [1.54, 1.807) is 0 Å². The zero-order valence-electron chi connectivity index (χ0n) is 9.91. The summed E-state index contributed by atoms with van der Waals surface area (Å²) >= 11 is 0. The number of allylic oxidation sites excluding steroid dienone is 2. The van der Waals surface area contributed by atoms with E-state index >= 15 is 0 Å². The first-order valence-corrected chi connectivity index (χ1v) is 5.53. The van der Waals surface area contributed by atoms with Crippen molar-refractivity contribution >= 4 is 11.6 Å². The molecule has 0 unspecified atom stereocenters. The maximum atomic E-state index is 10.8. The molecule has 0 fully saturated rings. The van der Waals surface area contributed by atoms with E-state index in [9.17, 15) is 4.79 Å². The van der Waals surface area contributed by atoms with Gasteiger partial charge in [0, 0.05) is 5.69 Å². The van der Waals surface area contributed by atoms with E-state index in [4.69, 9.17) is 5.73 Å². The molecule has 0 heterocycles. The van der Waals surface area contributed by atoms with Gasteiger partial charge < -0.3 is 11.1 Å². The predicted octanol–water partition coefficient (Wildman–Crippen LogP) is 2.04. The molecule has 3 heteroatoms. The van der Waals surface area contributed by atoms with Crippen LogP contribution in [-0.4, -0.2) is 12.5 Å². The summed E-state index contributed by atoms with van der Waals surface area (Å²) in [5.41, 5.74) is 8.33. The number of nitrogens with one attached hydrogen (secondary N) is 1. The number of anilines is 1. The summed E-state index contributed by atoms with van der Waals surface area (Å²) in [6, 6.07) is 6.02. The molecule has 0 aliphatic rings. The molecule has 0 aromatic heterocycles. The van der Waals surface area contributed by atoms with E-state index in [0.29, 0.717) is 0 Å². The van der Waals surface area contributed by atoms with Crippen LogP contribution in [-0.2, 0) is 17.6 Å². The Morgan fingerprint density at radius 3 is 2.18 bits per heavy atom. The Bertz CT molecular complexity index is 396. The first-order valence-electron chi connectivity index (χ1n) is 5.53. The Morgan fingerprint density at radius 2 is 1.76 bits per heavy atom. The molecule has 1 aromatic carbocycles. The minimum atomic E-state index is -0.372. The Hall–Kier alpha value is -2.03. The maximum absolute atomic E-state index is 10.8. The summed E-state index contributed by atoms with van der Waals surface area (Å²) in [6.45, 7) is 7.59. The van der Waals surface area contributed by atoms with Gasteiger partial charge in [0.05, 0.1) is 6.54 Å². The molecule has 0 aliphatic heterocycles. The van der Waals surface area contributed by atoms with Gasteiger partial charge in [-0.15, -0.1) is 13.2 Å². The number of amides is 1. The van der Waals surface area contributed by atoms with E-state index < -0.39 is 0 Å². The second kappa shape index (κ2) is 6.53. The van der Waals surface area contributed by atoms with Crippen LogP contribution in [0.1, 0.15) is 11.1 Å². The van der Waals surface area contributed by atoms with Crippen LogP contribution < -0.4 is 11.1 Å². The first-order chi connectivity index (χ1) is 8.19. The first kappa shape index (κ1) is 13.0. The quantitative estimate of drug-likeness (QED) is 0.704. The molecule has 0 saturated heterocycles. The van der Waals surface area contributed by atoms with Crippen LogP contribution in [0.4, 0.5) is 5.69 Å². The fourth-order valence-electron chi connectivity index (χ4n) is 1.71. The molecule has 1 rings (SSSR count). The van der Waals surface area contributed by atoms with Gasteiger partial charge >= 0.3 is 0 Å². The molecule has 17 heavy (non-hydrogen) atoms. The lowest BCUT2D eigenvalue weighted by molar-refractivity contribution is -0.116. The standard InChI is InChI=1S/C14H18N2O/c1-3-6-11-8-5-9-12(7-4-2)14(11)16-10-13(15)17/h3-5,8-9,16H,1-2,6-7,10H2,(H2,15,17). The fourth-order valence-corrected chi connectivity index (χ4v) is 1.71. The van der Waals surface area contributed by atoms with Gasteiger partial charge in [0.15, 0.2) is 0 Å². The van der Waals surface area contributed by atoms with Gasteiger partial charge in [0.2, 0.25) is 5.91 Å². The summed E-state index contributed by atoms with van der Waals surface area (Å²) in [6.07, 6.45) is 5.18. The van der Waals surface area contributed by atoms with E-state index in [1.807, 2.05) is 30.4 Å². The second-order valence-corrected chi connectivity index (χ2v) is 3.76. The highest BCUT2D eigenvalue weighted by atomic mass is 16.1. The number of nitrogens with two attached hydrogens (primary N) is 1. The van der Waals surface area contributed by atoms with Crippen molar-refractivity contribution in [2.45, 2.75) is 12.8 Å². The van der Waals surface area contributed by atoms with Crippen LogP contribution in [0.25, 0.3) is 0 Å². The van der Waals surface area contributed by atoms with E-state index in [1.165, 1.54) is 0 Å². The van der Waals surface area contributed by atoms with Crippen molar-refractivity contribution in [1.29, 1.82) is 0 Å². The average molecular weight is 230 g/mol. The minimum Gasteiger partial charge on any atom is -0.376 e. The predicted molar refractivity (Wildman–Crippen MR) is 71.9 cm³/mol. The largest absolute Gasteiger partial charge is 0.376 e. The van der Waals surface area contributed by atoms with Crippen molar-refractivity contribution in [3.05, 3.63) is 54.6 Å². The van der Waals surface area contributed by atoms with E-state index in [2.05, 4.69) is 18.5 Å². The van der Waals surface area contributed by atoms with Gasteiger partial charge in [-0.3, -0.25) is 4.79 Å². The van der Waals surface area contributed by atoms with E-state index in [-0.39, 0.29) is 12.5 Å². The third kappa shape index (κ3) is 3.79. The molecular weight excluding hydrogens is 212 g/mol. The lowest BCUT2D eigenvalue weighted by Gasteiger charge is -2.14. The number of hydrogen-bond acceptors (Lipinski definition) is 2.